The molecule has 6 heteroatoms. The highest BCUT2D eigenvalue weighted by Crippen LogP contribution is 2.14. The molecule has 1 amide bonds. The fourth-order valence-electron chi connectivity index (χ4n) is 2.59. The number of amides is 1. The van der Waals surface area contributed by atoms with Crippen LogP contribution in [0, 0.1) is 5.82 Å². The van der Waals surface area contributed by atoms with E-state index in [9.17, 15) is 9.18 Å². The van der Waals surface area contributed by atoms with E-state index < -0.39 is 0 Å². The van der Waals surface area contributed by atoms with Crippen LogP contribution in [-0.2, 0) is 17.8 Å². The van der Waals surface area contributed by atoms with E-state index in [1.807, 2.05) is 36.4 Å². The maximum Gasteiger partial charge on any atom is 0.244 e. The fraction of sp³-hybridized carbons (Fsp3) is 0.130. The van der Waals surface area contributed by atoms with Crippen molar-refractivity contribution in [3.63, 3.8) is 0 Å². The number of nitrogens with zero attached hydrogens (tertiary/aromatic N) is 1. The summed E-state index contributed by atoms with van der Waals surface area (Å²) in [6, 6.07) is 20.8. The van der Waals surface area contributed by atoms with E-state index in [0.29, 0.717) is 5.75 Å². The van der Waals surface area contributed by atoms with Crippen molar-refractivity contribution < 1.29 is 18.7 Å². The van der Waals surface area contributed by atoms with Crippen molar-refractivity contribution >= 4 is 12.1 Å². The molecule has 0 aliphatic rings. The molecule has 0 aromatic heterocycles. The summed E-state index contributed by atoms with van der Waals surface area (Å²) >= 11 is 0. The minimum atomic E-state index is -0.285. The standard InChI is InChI=1S/C23H21FN2O3/c1-28-21-9-5-17(6-10-21)14-23(27)26-25-15-18-7-11-22(12-8-18)29-16-19-3-2-4-20(24)13-19/h2-13,15H,14,16H2,1H3,(H,26,27)/b25-15+. The van der Waals surface area contributed by atoms with Gasteiger partial charge in [0.1, 0.15) is 23.9 Å². The van der Waals surface area contributed by atoms with E-state index >= 15 is 0 Å². The van der Waals surface area contributed by atoms with Crippen LogP contribution < -0.4 is 14.9 Å². The Kier molecular flexibility index (Phi) is 6.95. The van der Waals surface area contributed by atoms with Gasteiger partial charge < -0.3 is 9.47 Å². The van der Waals surface area contributed by atoms with Crippen molar-refractivity contribution in [1.82, 2.24) is 5.43 Å². The van der Waals surface area contributed by atoms with Gasteiger partial charge in [0, 0.05) is 0 Å². The molecule has 0 unspecified atom stereocenters. The molecule has 0 heterocycles. The van der Waals surface area contributed by atoms with Gasteiger partial charge in [0.05, 0.1) is 19.7 Å². The molecule has 3 aromatic rings. The van der Waals surface area contributed by atoms with Gasteiger partial charge in [-0.3, -0.25) is 4.79 Å². The number of hydrogen-bond acceptors (Lipinski definition) is 4. The molecule has 0 spiro atoms. The molecule has 5 nitrogen and oxygen atoms in total. The third-order valence-corrected chi connectivity index (χ3v) is 4.10. The maximum absolute atomic E-state index is 13.2. The average molecular weight is 392 g/mol. The third kappa shape index (κ3) is 6.46. The van der Waals surface area contributed by atoms with Gasteiger partial charge in [-0.25, -0.2) is 9.82 Å². The molecule has 0 saturated heterocycles. The average Bonchev–Trinajstić information content (AvgIpc) is 2.74. The number of carbonyl (C=O) groups is 1. The molecule has 148 valence electrons. The van der Waals surface area contributed by atoms with Crippen LogP contribution in [0.4, 0.5) is 4.39 Å². The zero-order valence-corrected chi connectivity index (χ0v) is 16.0. The summed E-state index contributed by atoms with van der Waals surface area (Å²) in [5, 5.41) is 3.97. The van der Waals surface area contributed by atoms with Gasteiger partial charge in [-0.15, -0.1) is 0 Å². The van der Waals surface area contributed by atoms with Crippen LogP contribution in [-0.4, -0.2) is 19.2 Å². The van der Waals surface area contributed by atoms with Crippen LogP contribution in [0.3, 0.4) is 0 Å². The highest BCUT2D eigenvalue weighted by atomic mass is 19.1. The summed E-state index contributed by atoms with van der Waals surface area (Å²) in [5.74, 6) is 0.915. The maximum atomic E-state index is 13.2. The van der Waals surface area contributed by atoms with Crippen molar-refractivity contribution in [1.29, 1.82) is 0 Å². The Labute approximate surface area is 168 Å². The van der Waals surface area contributed by atoms with Crippen LogP contribution in [0.5, 0.6) is 11.5 Å². The number of hydrazone groups is 1. The summed E-state index contributed by atoms with van der Waals surface area (Å²) in [6.07, 6.45) is 1.79. The summed E-state index contributed by atoms with van der Waals surface area (Å²) < 4.78 is 23.9. The Morgan fingerprint density at radius 3 is 2.41 bits per heavy atom. The minimum Gasteiger partial charge on any atom is -0.497 e. The SMILES string of the molecule is COc1ccc(CC(=O)N/N=C/c2ccc(OCc3cccc(F)c3)cc2)cc1. The number of methoxy groups -OCH3 is 1. The Morgan fingerprint density at radius 2 is 1.72 bits per heavy atom. The second kappa shape index (κ2) is 10.0. The van der Waals surface area contributed by atoms with Crippen LogP contribution in [0.25, 0.3) is 0 Å². The number of rotatable bonds is 8. The van der Waals surface area contributed by atoms with E-state index in [4.69, 9.17) is 9.47 Å². The number of benzene rings is 3. The van der Waals surface area contributed by atoms with Gasteiger partial charge >= 0.3 is 0 Å². The number of halogens is 1. The molecule has 3 rings (SSSR count). The van der Waals surface area contributed by atoms with Crippen molar-refractivity contribution in [2.45, 2.75) is 13.0 Å². The lowest BCUT2D eigenvalue weighted by atomic mass is 10.1. The molecule has 1 N–H and O–H groups in total. The molecule has 0 aliphatic carbocycles. The molecule has 29 heavy (non-hydrogen) atoms. The quantitative estimate of drug-likeness (QED) is 0.464. The molecule has 0 aliphatic heterocycles. The lowest BCUT2D eigenvalue weighted by Crippen LogP contribution is -2.19. The largest absolute Gasteiger partial charge is 0.497 e. The Bertz CT molecular complexity index is 970. The first-order chi connectivity index (χ1) is 14.1. The molecule has 0 bridgehead atoms. The summed E-state index contributed by atoms with van der Waals surface area (Å²) in [7, 11) is 1.60. The molecule has 0 atom stereocenters. The summed E-state index contributed by atoms with van der Waals surface area (Å²) in [5.41, 5.74) is 4.95. The third-order valence-electron chi connectivity index (χ3n) is 4.10. The first kappa shape index (κ1) is 20.1. The highest BCUT2D eigenvalue weighted by molar-refractivity contribution is 5.83. The van der Waals surface area contributed by atoms with Crippen molar-refractivity contribution in [2.75, 3.05) is 7.11 Å². The first-order valence-electron chi connectivity index (χ1n) is 9.04. The van der Waals surface area contributed by atoms with Gasteiger partial charge in [-0.05, 0) is 65.2 Å². The summed E-state index contributed by atoms with van der Waals surface area (Å²) in [4.78, 5) is 12.0. The lowest BCUT2D eigenvalue weighted by Gasteiger charge is -2.06. The fourth-order valence-corrected chi connectivity index (χ4v) is 2.59. The van der Waals surface area contributed by atoms with E-state index in [1.165, 1.54) is 12.1 Å². The molecule has 0 radical (unpaired) electrons. The smallest absolute Gasteiger partial charge is 0.244 e. The van der Waals surface area contributed by atoms with E-state index in [0.717, 1.165) is 22.4 Å². The van der Waals surface area contributed by atoms with Crippen LogP contribution in [0.1, 0.15) is 16.7 Å². The van der Waals surface area contributed by atoms with Crippen molar-refractivity contribution in [3.8, 4) is 11.5 Å². The van der Waals surface area contributed by atoms with Gasteiger partial charge in [-0.1, -0.05) is 24.3 Å². The molecule has 3 aromatic carbocycles. The summed E-state index contributed by atoms with van der Waals surface area (Å²) in [6.45, 7) is 0.284. The zero-order chi connectivity index (χ0) is 20.5. The van der Waals surface area contributed by atoms with Crippen molar-refractivity contribution in [2.24, 2.45) is 5.10 Å². The van der Waals surface area contributed by atoms with E-state index in [2.05, 4.69) is 10.5 Å². The molecule has 0 fully saturated rings. The first-order valence-corrected chi connectivity index (χ1v) is 9.04. The molecule has 0 saturated carbocycles. The monoisotopic (exact) mass is 392 g/mol. The van der Waals surface area contributed by atoms with Crippen LogP contribution in [0.15, 0.2) is 77.9 Å². The number of hydrogen-bond donors (Lipinski definition) is 1. The van der Waals surface area contributed by atoms with Gasteiger partial charge in [-0.2, -0.15) is 5.10 Å². The minimum absolute atomic E-state index is 0.207. The lowest BCUT2D eigenvalue weighted by molar-refractivity contribution is -0.120. The predicted molar refractivity (Wildman–Crippen MR) is 110 cm³/mol. The normalized spacial score (nSPS) is 10.7. The van der Waals surface area contributed by atoms with E-state index in [-0.39, 0.29) is 24.8 Å². The topological polar surface area (TPSA) is 59.9 Å². The van der Waals surface area contributed by atoms with Crippen LogP contribution >= 0.6 is 0 Å². The Balaban J connectivity index is 1.45. The van der Waals surface area contributed by atoms with Crippen molar-refractivity contribution in [3.05, 3.63) is 95.3 Å². The second-order valence-corrected chi connectivity index (χ2v) is 6.31. The predicted octanol–water partition coefficient (Wildman–Crippen LogP) is 4.11. The number of ether oxygens (including phenoxy) is 2. The Morgan fingerprint density at radius 1 is 1.00 bits per heavy atom. The van der Waals surface area contributed by atoms with Gasteiger partial charge in [0.15, 0.2) is 0 Å². The number of carbonyl (C=O) groups excluding carboxylic acids is 1. The van der Waals surface area contributed by atoms with Gasteiger partial charge in [0.25, 0.3) is 0 Å². The Hall–Kier alpha value is -3.67. The van der Waals surface area contributed by atoms with Gasteiger partial charge in [0.2, 0.25) is 5.91 Å². The van der Waals surface area contributed by atoms with E-state index in [1.54, 1.807) is 37.6 Å². The second-order valence-electron chi connectivity index (χ2n) is 6.31. The zero-order valence-electron chi connectivity index (χ0n) is 16.0. The number of nitrogens with one attached hydrogen (secondary N) is 1. The highest BCUT2D eigenvalue weighted by Gasteiger charge is 2.02. The molecular formula is C23H21FN2O3. The molecular weight excluding hydrogens is 371 g/mol. The van der Waals surface area contributed by atoms with Crippen LogP contribution in [0.2, 0.25) is 0 Å².